The highest BCUT2D eigenvalue weighted by Crippen LogP contribution is 2.32. The fraction of sp³-hybridized carbons (Fsp3) is 0.429. The van der Waals surface area contributed by atoms with Crippen LogP contribution in [-0.4, -0.2) is 67.1 Å². The summed E-state index contributed by atoms with van der Waals surface area (Å²) in [6.45, 7) is 0.611. The van der Waals surface area contributed by atoms with E-state index in [2.05, 4.69) is 16.0 Å². The topological polar surface area (TPSA) is 117 Å². The Labute approximate surface area is 229 Å². The third kappa shape index (κ3) is 6.72. The molecule has 4 rings (SSSR count). The first-order valence-electron chi connectivity index (χ1n) is 13.1. The van der Waals surface area contributed by atoms with E-state index in [1.54, 1.807) is 30.3 Å². The van der Waals surface area contributed by atoms with Crippen molar-refractivity contribution >= 4 is 23.6 Å². The standard InChI is InChI=1S/C28H31F3N4O5/c1-40-21-11-9-17(10-12-21)25(37)34-22-8-4-14-33-26(38)24(22)18-5-2-6-19(15-18)27(39)35(28(29,30)31)20-7-3-13-32-23(36)16-20/h2,5-6,9-12,15,20,22,24H,3-4,7-8,13-14,16H2,1H3,(H,32,36)(H,33,38)(H,34,37)/t20-,22-,24?/m0/s1. The summed E-state index contributed by atoms with van der Waals surface area (Å²) in [5.74, 6) is -3.06. The Hall–Kier alpha value is -4.09. The largest absolute Gasteiger partial charge is 0.497 e. The van der Waals surface area contributed by atoms with E-state index in [9.17, 15) is 32.3 Å². The van der Waals surface area contributed by atoms with Gasteiger partial charge in [0.2, 0.25) is 11.8 Å². The molecule has 2 heterocycles. The van der Waals surface area contributed by atoms with Crippen LogP contribution in [0.5, 0.6) is 5.75 Å². The van der Waals surface area contributed by atoms with Crippen LogP contribution in [0.15, 0.2) is 48.5 Å². The van der Waals surface area contributed by atoms with Crippen molar-refractivity contribution in [1.29, 1.82) is 0 Å². The summed E-state index contributed by atoms with van der Waals surface area (Å²) >= 11 is 0. The zero-order valence-corrected chi connectivity index (χ0v) is 21.9. The van der Waals surface area contributed by atoms with E-state index in [0.717, 1.165) is 0 Å². The van der Waals surface area contributed by atoms with Crippen LogP contribution in [0.25, 0.3) is 0 Å². The predicted octanol–water partition coefficient (Wildman–Crippen LogP) is 3.12. The molecule has 2 saturated heterocycles. The summed E-state index contributed by atoms with van der Waals surface area (Å²) in [4.78, 5) is 51.2. The minimum Gasteiger partial charge on any atom is -0.497 e. The van der Waals surface area contributed by atoms with Crippen molar-refractivity contribution in [3.63, 3.8) is 0 Å². The molecule has 12 heteroatoms. The highest BCUT2D eigenvalue weighted by Gasteiger charge is 2.46. The summed E-state index contributed by atoms with van der Waals surface area (Å²) in [5, 5.41) is 8.21. The number of nitrogens with zero attached hydrogens (tertiary/aromatic N) is 1. The number of methoxy groups -OCH3 is 1. The summed E-state index contributed by atoms with van der Waals surface area (Å²) in [6, 6.07) is 9.88. The van der Waals surface area contributed by atoms with E-state index in [-0.39, 0.29) is 23.4 Å². The van der Waals surface area contributed by atoms with Crippen molar-refractivity contribution in [3.05, 3.63) is 65.2 Å². The summed E-state index contributed by atoms with van der Waals surface area (Å²) < 4.78 is 47.5. The fourth-order valence-corrected chi connectivity index (χ4v) is 5.19. The average molecular weight is 561 g/mol. The van der Waals surface area contributed by atoms with Gasteiger partial charge in [-0.25, -0.2) is 4.90 Å². The molecule has 40 heavy (non-hydrogen) atoms. The summed E-state index contributed by atoms with van der Waals surface area (Å²) in [5.41, 5.74) is 0.379. The molecule has 4 amide bonds. The zero-order valence-electron chi connectivity index (χ0n) is 21.9. The molecule has 9 nitrogen and oxygen atoms in total. The molecule has 0 saturated carbocycles. The van der Waals surface area contributed by atoms with Crippen molar-refractivity contribution in [2.75, 3.05) is 20.2 Å². The van der Waals surface area contributed by atoms with E-state index >= 15 is 0 Å². The van der Waals surface area contributed by atoms with Gasteiger partial charge >= 0.3 is 6.30 Å². The maximum absolute atomic E-state index is 14.1. The van der Waals surface area contributed by atoms with E-state index in [1.165, 1.54) is 25.3 Å². The van der Waals surface area contributed by atoms with Gasteiger partial charge in [-0.2, -0.15) is 0 Å². The molecule has 2 aromatic rings. The van der Waals surface area contributed by atoms with E-state index in [1.807, 2.05) is 0 Å². The van der Waals surface area contributed by atoms with Crippen molar-refractivity contribution in [2.45, 2.75) is 56.4 Å². The van der Waals surface area contributed by atoms with E-state index in [4.69, 9.17) is 4.74 Å². The maximum atomic E-state index is 14.1. The Balaban J connectivity index is 1.62. The Bertz CT molecular complexity index is 1250. The quantitative estimate of drug-likeness (QED) is 0.470. The molecule has 2 fully saturated rings. The second-order valence-electron chi connectivity index (χ2n) is 9.84. The average Bonchev–Trinajstić information content (AvgIpc) is 3.24. The van der Waals surface area contributed by atoms with Gasteiger partial charge in [-0.1, -0.05) is 12.1 Å². The van der Waals surface area contributed by atoms with Gasteiger partial charge in [-0.15, -0.1) is 13.2 Å². The number of alkyl halides is 3. The van der Waals surface area contributed by atoms with Crippen molar-refractivity contribution < 1.29 is 37.1 Å². The number of carbonyl (C=O) groups is 4. The first-order valence-corrected chi connectivity index (χ1v) is 13.1. The van der Waals surface area contributed by atoms with Gasteiger partial charge in [-0.05, 0) is 67.6 Å². The number of nitrogens with one attached hydrogen (secondary N) is 3. The fourth-order valence-electron chi connectivity index (χ4n) is 5.19. The monoisotopic (exact) mass is 560 g/mol. The Morgan fingerprint density at radius 3 is 2.38 bits per heavy atom. The summed E-state index contributed by atoms with van der Waals surface area (Å²) in [6.07, 6.45) is -4.18. The van der Waals surface area contributed by atoms with Gasteiger partial charge in [0.15, 0.2) is 0 Å². The smallest absolute Gasteiger partial charge is 0.487 e. The lowest BCUT2D eigenvalue weighted by Crippen LogP contribution is -2.50. The maximum Gasteiger partial charge on any atom is 0.487 e. The minimum atomic E-state index is -5.02. The molecule has 0 bridgehead atoms. The molecule has 0 radical (unpaired) electrons. The zero-order chi connectivity index (χ0) is 28.9. The molecule has 0 spiro atoms. The molecule has 3 atom stereocenters. The van der Waals surface area contributed by atoms with E-state index < -0.39 is 54.4 Å². The third-order valence-electron chi connectivity index (χ3n) is 7.15. The van der Waals surface area contributed by atoms with Gasteiger partial charge in [0.1, 0.15) is 5.75 Å². The first kappa shape index (κ1) is 28.9. The summed E-state index contributed by atoms with van der Waals surface area (Å²) in [7, 11) is 1.50. The highest BCUT2D eigenvalue weighted by atomic mass is 19.4. The van der Waals surface area contributed by atoms with Crippen LogP contribution in [0.1, 0.15) is 64.3 Å². The van der Waals surface area contributed by atoms with Gasteiger partial charge in [0.25, 0.3) is 11.8 Å². The molecule has 2 aliphatic rings. The SMILES string of the molecule is COc1ccc(C(=O)N[C@H]2CCCNC(=O)C2c2cccc(C(=O)N([C@H]3CCCNC(=O)C3)C(F)(F)F)c2)cc1. The Kier molecular flexibility index (Phi) is 8.96. The van der Waals surface area contributed by atoms with Crippen molar-refractivity contribution in [2.24, 2.45) is 0 Å². The molecule has 0 aliphatic carbocycles. The lowest BCUT2D eigenvalue weighted by Gasteiger charge is -2.32. The van der Waals surface area contributed by atoms with Gasteiger partial charge < -0.3 is 20.7 Å². The first-order chi connectivity index (χ1) is 19.1. The van der Waals surface area contributed by atoms with Crippen molar-refractivity contribution in [1.82, 2.24) is 20.9 Å². The van der Waals surface area contributed by atoms with Crippen LogP contribution in [0, 0.1) is 0 Å². The third-order valence-corrected chi connectivity index (χ3v) is 7.15. The molecule has 214 valence electrons. The normalized spacial score (nSPS) is 21.8. The van der Waals surface area contributed by atoms with Crippen LogP contribution in [0.4, 0.5) is 13.2 Å². The van der Waals surface area contributed by atoms with Crippen LogP contribution in [0.3, 0.4) is 0 Å². The number of carbonyl (C=O) groups excluding carboxylic acids is 4. The number of hydrogen-bond acceptors (Lipinski definition) is 5. The van der Waals surface area contributed by atoms with Crippen LogP contribution in [0.2, 0.25) is 0 Å². The number of rotatable bonds is 6. The van der Waals surface area contributed by atoms with Gasteiger partial charge in [-0.3, -0.25) is 19.2 Å². The van der Waals surface area contributed by atoms with Crippen LogP contribution < -0.4 is 20.7 Å². The molecular weight excluding hydrogens is 529 g/mol. The minimum absolute atomic E-state index is 0.00811. The van der Waals surface area contributed by atoms with Gasteiger partial charge in [0, 0.05) is 42.7 Å². The number of halogens is 3. The second-order valence-corrected chi connectivity index (χ2v) is 9.84. The number of hydrogen-bond donors (Lipinski definition) is 3. The van der Waals surface area contributed by atoms with Crippen LogP contribution >= 0.6 is 0 Å². The molecule has 2 aromatic carbocycles. The van der Waals surface area contributed by atoms with E-state index in [0.29, 0.717) is 42.7 Å². The number of ether oxygens (including phenoxy) is 1. The molecular formula is C28H31F3N4O5. The van der Waals surface area contributed by atoms with Crippen LogP contribution in [-0.2, 0) is 9.59 Å². The molecule has 1 unspecified atom stereocenters. The van der Waals surface area contributed by atoms with Gasteiger partial charge in [0.05, 0.1) is 13.0 Å². The molecule has 2 aliphatic heterocycles. The lowest BCUT2D eigenvalue weighted by atomic mass is 9.87. The Morgan fingerprint density at radius 1 is 0.975 bits per heavy atom. The highest BCUT2D eigenvalue weighted by molar-refractivity contribution is 5.97. The number of benzene rings is 2. The lowest BCUT2D eigenvalue weighted by molar-refractivity contribution is -0.236. The number of amides is 4. The van der Waals surface area contributed by atoms with Crippen molar-refractivity contribution in [3.8, 4) is 5.75 Å². The Morgan fingerprint density at radius 2 is 1.68 bits per heavy atom. The predicted molar refractivity (Wildman–Crippen MR) is 139 cm³/mol. The second kappa shape index (κ2) is 12.4. The molecule has 3 N–H and O–H groups in total. The molecule has 0 aromatic heterocycles.